The highest BCUT2D eigenvalue weighted by molar-refractivity contribution is 6.36. The van der Waals surface area contributed by atoms with Gasteiger partial charge in [0.15, 0.2) is 11.6 Å². The van der Waals surface area contributed by atoms with Crippen molar-refractivity contribution in [3.63, 3.8) is 0 Å². The van der Waals surface area contributed by atoms with Crippen molar-refractivity contribution >= 4 is 97.9 Å². The zero-order valence-electron chi connectivity index (χ0n) is 33.7. The molecule has 0 fully saturated rings. The Kier molecular flexibility index (Phi) is 7.02. The van der Waals surface area contributed by atoms with E-state index in [-0.39, 0.29) is 0 Å². The predicted octanol–water partition coefficient (Wildman–Crippen LogP) is 14.8. The van der Waals surface area contributed by atoms with Crippen molar-refractivity contribution in [2.24, 2.45) is 0 Å². The van der Waals surface area contributed by atoms with Crippen molar-refractivity contribution in [1.29, 1.82) is 0 Å². The van der Waals surface area contributed by atoms with Gasteiger partial charge in [-0.15, -0.1) is 0 Å². The van der Waals surface area contributed by atoms with Crippen LogP contribution in [0.2, 0.25) is 0 Å². The van der Waals surface area contributed by atoms with Gasteiger partial charge in [0.1, 0.15) is 11.2 Å². The number of para-hydroxylation sites is 5. The second-order valence-electron chi connectivity index (χ2n) is 16.3. The zero-order chi connectivity index (χ0) is 41.2. The van der Waals surface area contributed by atoms with E-state index in [2.05, 4.69) is 167 Å². The van der Waals surface area contributed by atoms with Gasteiger partial charge in [0.25, 0.3) is 0 Å². The van der Waals surface area contributed by atoms with Gasteiger partial charge in [0.05, 0.1) is 27.6 Å². The van der Waals surface area contributed by atoms with Gasteiger partial charge in [0.2, 0.25) is 5.95 Å². The minimum atomic E-state index is 0.540. The standard InChI is InChI=1S/C57H33N5O/c1-3-16-34(17-4-1)55-58-56(43-26-15-25-41-38-22-11-14-29-51(38)63-54(41)43)60-57(59-55)62-48-28-13-10-24-42(48)53-49(62)31-30-40-44-32-46-37-21-9-12-27-47(37)61(35-18-5-2-6-19-35)50(46)33-45(44)36-20-7-8-23-39(36)52(40)53/h1-33H. The van der Waals surface area contributed by atoms with Gasteiger partial charge in [-0.1, -0.05) is 146 Å². The fraction of sp³-hybridized carbons (Fsp3) is 0. The summed E-state index contributed by atoms with van der Waals surface area (Å²) in [5.41, 5.74) is 8.87. The molecule has 0 aliphatic rings. The van der Waals surface area contributed by atoms with Crippen molar-refractivity contribution in [1.82, 2.24) is 24.1 Å². The van der Waals surface area contributed by atoms with Gasteiger partial charge in [-0.05, 0) is 81.5 Å². The number of hydrogen-bond donors (Lipinski definition) is 0. The number of furan rings is 1. The molecule has 6 nitrogen and oxygen atoms in total. The molecule has 0 saturated carbocycles. The van der Waals surface area contributed by atoms with E-state index < -0.39 is 0 Å². The van der Waals surface area contributed by atoms with E-state index in [1.165, 1.54) is 54.1 Å². The quantitative estimate of drug-likeness (QED) is 0.166. The Labute approximate surface area is 359 Å². The Hall–Kier alpha value is -8.61. The van der Waals surface area contributed by atoms with Crippen LogP contribution in [0.4, 0.5) is 0 Å². The summed E-state index contributed by atoms with van der Waals surface area (Å²) in [5.74, 6) is 1.67. The molecular formula is C57H33N5O. The summed E-state index contributed by atoms with van der Waals surface area (Å²) < 4.78 is 11.2. The van der Waals surface area contributed by atoms with E-state index in [0.717, 1.165) is 60.6 Å². The highest BCUT2D eigenvalue weighted by atomic mass is 16.3. The van der Waals surface area contributed by atoms with Crippen LogP contribution in [0.15, 0.2) is 205 Å². The lowest BCUT2D eigenvalue weighted by molar-refractivity contribution is 0.669. The molecule has 0 saturated heterocycles. The summed E-state index contributed by atoms with van der Waals surface area (Å²) in [6, 6.07) is 70.9. The van der Waals surface area contributed by atoms with Crippen molar-refractivity contribution in [3.05, 3.63) is 200 Å². The van der Waals surface area contributed by atoms with Crippen LogP contribution in [-0.4, -0.2) is 24.1 Å². The largest absolute Gasteiger partial charge is 0.455 e. The van der Waals surface area contributed by atoms with Crippen LogP contribution in [0.1, 0.15) is 0 Å². The Bertz CT molecular complexity index is 4200. The van der Waals surface area contributed by atoms with Gasteiger partial charge in [-0.2, -0.15) is 9.97 Å². The first-order valence-electron chi connectivity index (χ1n) is 21.3. The summed E-state index contributed by atoms with van der Waals surface area (Å²) in [6.07, 6.45) is 0. The second kappa shape index (κ2) is 12.9. The summed E-state index contributed by atoms with van der Waals surface area (Å²) in [6.45, 7) is 0. The topological polar surface area (TPSA) is 61.7 Å². The molecule has 6 heteroatoms. The smallest absolute Gasteiger partial charge is 0.238 e. The van der Waals surface area contributed by atoms with E-state index >= 15 is 0 Å². The van der Waals surface area contributed by atoms with Gasteiger partial charge in [-0.3, -0.25) is 4.57 Å². The van der Waals surface area contributed by atoms with Crippen LogP contribution in [0.5, 0.6) is 0 Å². The van der Waals surface area contributed by atoms with E-state index in [1.54, 1.807) is 0 Å². The molecule has 292 valence electrons. The van der Waals surface area contributed by atoms with Crippen LogP contribution >= 0.6 is 0 Å². The molecule has 0 aliphatic heterocycles. The lowest BCUT2D eigenvalue weighted by atomic mass is 9.91. The fourth-order valence-electron chi connectivity index (χ4n) is 10.3. The highest BCUT2D eigenvalue weighted by Crippen LogP contribution is 2.46. The molecule has 63 heavy (non-hydrogen) atoms. The van der Waals surface area contributed by atoms with Gasteiger partial charge >= 0.3 is 0 Å². The molecule has 0 spiro atoms. The number of fused-ring (bicyclic) bond motifs is 16. The second-order valence-corrected chi connectivity index (χ2v) is 16.3. The summed E-state index contributed by atoms with van der Waals surface area (Å²) in [5, 5.41) is 14.1. The highest BCUT2D eigenvalue weighted by Gasteiger charge is 2.24. The lowest BCUT2D eigenvalue weighted by Gasteiger charge is -2.14. The van der Waals surface area contributed by atoms with Crippen molar-refractivity contribution in [3.8, 4) is 34.4 Å². The van der Waals surface area contributed by atoms with Crippen molar-refractivity contribution < 1.29 is 4.42 Å². The average molecular weight is 804 g/mol. The minimum Gasteiger partial charge on any atom is -0.455 e. The zero-order valence-corrected chi connectivity index (χ0v) is 33.7. The van der Waals surface area contributed by atoms with Crippen molar-refractivity contribution in [2.75, 3.05) is 0 Å². The summed E-state index contributed by atoms with van der Waals surface area (Å²) >= 11 is 0. The predicted molar refractivity (Wildman–Crippen MR) is 259 cm³/mol. The summed E-state index contributed by atoms with van der Waals surface area (Å²) in [7, 11) is 0. The van der Waals surface area contributed by atoms with Crippen LogP contribution in [0.3, 0.4) is 0 Å². The normalized spacial score (nSPS) is 12.1. The van der Waals surface area contributed by atoms with Crippen LogP contribution in [0.25, 0.3) is 132 Å². The maximum Gasteiger partial charge on any atom is 0.238 e. The van der Waals surface area contributed by atoms with Gasteiger partial charge < -0.3 is 8.98 Å². The third-order valence-corrected chi connectivity index (χ3v) is 12.9. The molecule has 0 unspecified atom stereocenters. The van der Waals surface area contributed by atoms with E-state index in [1.807, 2.05) is 42.5 Å². The number of nitrogens with zero attached hydrogens (tertiary/aromatic N) is 5. The Morgan fingerprint density at radius 1 is 0.333 bits per heavy atom. The minimum absolute atomic E-state index is 0.540. The van der Waals surface area contributed by atoms with E-state index in [4.69, 9.17) is 19.4 Å². The maximum absolute atomic E-state index is 6.54. The van der Waals surface area contributed by atoms with E-state index in [0.29, 0.717) is 17.6 Å². The Morgan fingerprint density at radius 3 is 1.78 bits per heavy atom. The van der Waals surface area contributed by atoms with E-state index in [9.17, 15) is 0 Å². The molecule has 0 aliphatic carbocycles. The molecule has 14 rings (SSSR count). The molecular weight excluding hydrogens is 771 g/mol. The van der Waals surface area contributed by atoms with Gasteiger partial charge in [0, 0.05) is 49.0 Å². The first-order valence-corrected chi connectivity index (χ1v) is 21.3. The fourth-order valence-corrected chi connectivity index (χ4v) is 10.3. The molecule has 0 atom stereocenters. The first-order chi connectivity index (χ1) is 31.3. The Balaban J connectivity index is 1.09. The third kappa shape index (κ3) is 4.86. The molecule has 4 aromatic heterocycles. The molecule has 0 N–H and O–H groups in total. The lowest BCUT2D eigenvalue weighted by Crippen LogP contribution is -2.06. The van der Waals surface area contributed by atoms with Gasteiger partial charge in [-0.25, -0.2) is 4.98 Å². The SMILES string of the molecule is c1ccc(-c2nc(-c3cccc4c3oc3ccccc34)nc(-n3c4ccccc4c4c5c6ccccc6c6cc7c(cc6c5ccc43)c3ccccc3n7-c3ccccc3)n2)cc1. The molecule has 0 bridgehead atoms. The first kappa shape index (κ1) is 34.1. The number of aromatic nitrogens is 5. The van der Waals surface area contributed by atoms with Crippen LogP contribution < -0.4 is 0 Å². The molecule has 0 amide bonds. The Morgan fingerprint density at radius 2 is 0.952 bits per heavy atom. The number of benzene rings is 10. The molecule has 0 radical (unpaired) electrons. The molecule has 14 aromatic rings. The monoisotopic (exact) mass is 803 g/mol. The molecule has 10 aromatic carbocycles. The maximum atomic E-state index is 6.54. The van der Waals surface area contributed by atoms with Crippen LogP contribution in [0, 0.1) is 0 Å². The van der Waals surface area contributed by atoms with Crippen molar-refractivity contribution in [2.45, 2.75) is 0 Å². The average Bonchev–Trinajstić information content (AvgIpc) is 4.01. The van der Waals surface area contributed by atoms with Crippen LogP contribution in [-0.2, 0) is 0 Å². The number of hydrogen-bond acceptors (Lipinski definition) is 4. The molecule has 4 heterocycles. The third-order valence-electron chi connectivity index (χ3n) is 12.9. The summed E-state index contributed by atoms with van der Waals surface area (Å²) in [4.78, 5) is 15.8. The number of rotatable bonds is 4.